The Labute approximate surface area is 148 Å². The van der Waals surface area contributed by atoms with E-state index >= 15 is 0 Å². The molecule has 0 unspecified atom stereocenters. The Morgan fingerprint density at radius 2 is 2.08 bits per heavy atom. The van der Waals surface area contributed by atoms with Crippen molar-refractivity contribution in [2.24, 2.45) is 0 Å². The molecule has 1 N–H and O–H groups in total. The van der Waals surface area contributed by atoms with Gasteiger partial charge in [0, 0.05) is 16.1 Å². The fourth-order valence-corrected chi connectivity index (χ4v) is 3.54. The Bertz CT molecular complexity index is 833. The quantitative estimate of drug-likeness (QED) is 0.848. The molecule has 2 amide bonds. The predicted molar refractivity (Wildman–Crippen MR) is 92.3 cm³/mol. The van der Waals surface area contributed by atoms with Gasteiger partial charge < -0.3 is 10.1 Å². The lowest BCUT2D eigenvalue weighted by atomic mass is 9.94. The fourth-order valence-electron chi connectivity index (χ4n) is 2.85. The van der Waals surface area contributed by atoms with Crippen molar-refractivity contribution in [3.05, 3.63) is 69.3 Å². The number of methoxy groups -OCH3 is 1. The Kier molecular flexibility index (Phi) is 4.85. The lowest BCUT2D eigenvalue weighted by Gasteiger charge is -2.35. The summed E-state index contributed by atoms with van der Waals surface area (Å²) in [5.74, 6) is -1.09. The van der Waals surface area contributed by atoms with Crippen molar-refractivity contribution in [1.29, 1.82) is 0 Å². The van der Waals surface area contributed by atoms with E-state index in [1.54, 1.807) is 25.1 Å². The molecule has 0 saturated carbocycles. The number of urea groups is 1. The molecule has 0 saturated heterocycles. The SMILES string of the molecule is COC(=O)C1=C(C)N(Cc2cccs2)C(=O)N[C@@H]1c1ccccc1F. The normalized spacial score (nSPS) is 17.5. The van der Waals surface area contributed by atoms with Crippen LogP contribution in [0.2, 0.25) is 0 Å². The zero-order chi connectivity index (χ0) is 18.0. The van der Waals surface area contributed by atoms with E-state index in [0.717, 1.165) is 4.88 Å². The highest BCUT2D eigenvalue weighted by atomic mass is 32.1. The molecule has 1 aliphatic heterocycles. The van der Waals surface area contributed by atoms with Gasteiger partial charge >= 0.3 is 12.0 Å². The average Bonchev–Trinajstić information content (AvgIpc) is 3.11. The van der Waals surface area contributed by atoms with Crippen molar-refractivity contribution in [3.63, 3.8) is 0 Å². The van der Waals surface area contributed by atoms with Gasteiger partial charge in [0.25, 0.3) is 0 Å². The third kappa shape index (κ3) is 3.28. The van der Waals surface area contributed by atoms with E-state index in [2.05, 4.69) is 5.32 Å². The molecule has 2 aromatic rings. The number of ether oxygens (including phenoxy) is 1. The van der Waals surface area contributed by atoms with Crippen molar-refractivity contribution in [1.82, 2.24) is 10.2 Å². The Balaban J connectivity index is 2.06. The number of nitrogens with one attached hydrogen (secondary N) is 1. The number of esters is 1. The molecule has 2 heterocycles. The minimum atomic E-state index is -0.888. The zero-order valence-electron chi connectivity index (χ0n) is 13.8. The Morgan fingerprint density at radius 1 is 1.32 bits per heavy atom. The first kappa shape index (κ1) is 17.2. The van der Waals surface area contributed by atoms with Gasteiger partial charge in [0.15, 0.2) is 0 Å². The van der Waals surface area contributed by atoms with Crippen LogP contribution < -0.4 is 5.32 Å². The molecule has 1 atom stereocenters. The number of nitrogens with zero attached hydrogens (tertiary/aromatic N) is 1. The topological polar surface area (TPSA) is 58.6 Å². The fraction of sp³-hybridized carbons (Fsp3) is 0.222. The number of halogens is 1. The highest BCUT2D eigenvalue weighted by Gasteiger charge is 2.37. The maximum atomic E-state index is 14.2. The summed E-state index contributed by atoms with van der Waals surface area (Å²) in [7, 11) is 1.26. The zero-order valence-corrected chi connectivity index (χ0v) is 14.6. The van der Waals surface area contributed by atoms with E-state index in [4.69, 9.17) is 4.74 Å². The van der Waals surface area contributed by atoms with Crippen LogP contribution in [0.5, 0.6) is 0 Å². The van der Waals surface area contributed by atoms with E-state index in [0.29, 0.717) is 12.2 Å². The first-order chi connectivity index (χ1) is 12.0. The number of carbonyl (C=O) groups excluding carboxylic acids is 2. The van der Waals surface area contributed by atoms with Crippen molar-refractivity contribution < 1.29 is 18.7 Å². The lowest BCUT2D eigenvalue weighted by molar-refractivity contribution is -0.136. The molecule has 130 valence electrons. The number of hydrogen-bond acceptors (Lipinski definition) is 4. The summed E-state index contributed by atoms with van der Waals surface area (Å²) in [6, 6.07) is 8.59. The summed E-state index contributed by atoms with van der Waals surface area (Å²) in [6.07, 6.45) is 0. The van der Waals surface area contributed by atoms with Gasteiger partial charge in [-0.3, -0.25) is 4.90 Å². The number of hydrogen-bond donors (Lipinski definition) is 1. The lowest BCUT2D eigenvalue weighted by Crippen LogP contribution is -2.47. The number of benzene rings is 1. The van der Waals surface area contributed by atoms with Gasteiger partial charge in [0.05, 0.1) is 25.3 Å². The van der Waals surface area contributed by atoms with Crippen LogP contribution in [0.4, 0.5) is 9.18 Å². The maximum Gasteiger partial charge on any atom is 0.337 e. The molecular weight excluding hydrogens is 343 g/mol. The third-order valence-electron chi connectivity index (χ3n) is 4.11. The van der Waals surface area contributed by atoms with E-state index in [1.807, 2.05) is 17.5 Å². The van der Waals surface area contributed by atoms with Gasteiger partial charge in [-0.1, -0.05) is 24.3 Å². The number of rotatable bonds is 4. The standard InChI is InChI=1S/C18H17FN2O3S/c1-11-15(17(22)24-2)16(13-7-3-4-8-14(13)19)20-18(23)21(11)10-12-6-5-9-25-12/h3-9,16H,10H2,1-2H3,(H,20,23)/t16-/m1/s1. The van der Waals surface area contributed by atoms with E-state index in [9.17, 15) is 14.0 Å². The van der Waals surface area contributed by atoms with Crippen LogP contribution in [0.15, 0.2) is 53.0 Å². The van der Waals surface area contributed by atoms with E-state index < -0.39 is 17.8 Å². The molecular formula is C18H17FN2O3S. The summed E-state index contributed by atoms with van der Waals surface area (Å²) >= 11 is 1.52. The number of amides is 2. The van der Waals surface area contributed by atoms with Crippen LogP contribution in [0.1, 0.15) is 23.4 Å². The first-order valence-corrected chi connectivity index (χ1v) is 8.54. The van der Waals surface area contributed by atoms with Crippen molar-refractivity contribution >= 4 is 23.3 Å². The summed E-state index contributed by atoms with van der Waals surface area (Å²) in [5.41, 5.74) is 0.910. The smallest absolute Gasteiger partial charge is 0.337 e. The molecule has 3 rings (SSSR count). The summed E-state index contributed by atoms with van der Waals surface area (Å²) < 4.78 is 19.1. The minimum Gasteiger partial charge on any atom is -0.466 e. The molecule has 5 nitrogen and oxygen atoms in total. The van der Waals surface area contributed by atoms with Gasteiger partial charge in [0.2, 0.25) is 0 Å². The molecule has 1 aliphatic rings. The van der Waals surface area contributed by atoms with Crippen LogP contribution in [0.25, 0.3) is 0 Å². The van der Waals surface area contributed by atoms with Crippen molar-refractivity contribution in [2.45, 2.75) is 19.5 Å². The van der Waals surface area contributed by atoms with Crippen LogP contribution >= 0.6 is 11.3 Å². The van der Waals surface area contributed by atoms with Gasteiger partial charge in [-0.05, 0) is 24.4 Å². The molecule has 1 aromatic heterocycles. The minimum absolute atomic E-state index is 0.226. The van der Waals surface area contributed by atoms with Gasteiger partial charge in [-0.2, -0.15) is 0 Å². The molecule has 25 heavy (non-hydrogen) atoms. The average molecular weight is 360 g/mol. The number of carbonyl (C=O) groups is 2. The predicted octanol–water partition coefficient (Wildman–Crippen LogP) is 3.60. The van der Waals surface area contributed by atoms with Gasteiger partial charge in [-0.25, -0.2) is 14.0 Å². The monoisotopic (exact) mass is 360 g/mol. The Hall–Kier alpha value is -2.67. The van der Waals surface area contributed by atoms with Crippen LogP contribution in [-0.2, 0) is 16.1 Å². The third-order valence-corrected chi connectivity index (χ3v) is 4.97. The molecule has 0 bridgehead atoms. The van der Waals surface area contributed by atoms with Gasteiger partial charge in [0.1, 0.15) is 5.82 Å². The first-order valence-electron chi connectivity index (χ1n) is 7.67. The highest BCUT2D eigenvalue weighted by molar-refractivity contribution is 7.09. The van der Waals surface area contributed by atoms with Crippen LogP contribution in [0.3, 0.4) is 0 Å². The van der Waals surface area contributed by atoms with Crippen LogP contribution in [-0.4, -0.2) is 24.0 Å². The molecule has 1 aromatic carbocycles. The van der Waals surface area contributed by atoms with E-state index in [1.165, 1.54) is 29.4 Å². The molecule has 0 fully saturated rings. The molecule has 7 heteroatoms. The van der Waals surface area contributed by atoms with E-state index in [-0.39, 0.29) is 17.2 Å². The second-order valence-electron chi connectivity index (χ2n) is 5.56. The number of thiophene rings is 1. The van der Waals surface area contributed by atoms with Crippen molar-refractivity contribution in [2.75, 3.05) is 7.11 Å². The molecule has 0 radical (unpaired) electrons. The van der Waals surface area contributed by atoms with Crippen molar-refractivity contribution in [3.8, 4) is 0 Å². The summed E-state index contributed by atoms with van der Waals surface area (Å²) in [6.45, 7) is 2.01. The van der Waals surface area contributed by atoms with Crippen LogP contribution in [0, 0.1) is 5.82 Å². The Morgan fingerprint density at radius 3 is 2.72 bits per heavy atom. The second-order valence-corrected chi connectivity index (χ2v) is 6.59. The largest absolute Gasteiger partial charge is 0.466 e. The maximum absolute atomic E-state index is 14.2. The van der Waals surface area contributed by atoms with Gasteiger partial charge in [-0.15, -0.1) is 11.3 Å². The summed E-state index contributed by atoms with van der Waals surface area (Å²) in [4.78, 5) is 27.4. The second kappa shape index (κ2) is 7.06. The number of allylic oxidation sites excluding steroid dienone is 1. The highest BCUT2D eigenvalue weighted by Crippen LogP contribution is 2.33. The molecule has 0 aliphatic carbocycles. The molecule has 0 spiro atoms. The summed E-state index contributed by atoms with van der Waals surface area (Å²) in [5, 5.41) is 4.64.